The van der Waals surface area contributed by atoms with Crippen molar-refractivity contribution in [3.8, 4) is 0 Å². The Kier molecular flexibility index (Phi) is 2.59. The molecule has 0 amide bonds. The Bertz CT molecular complexity index is 489. The molecule has 122 valence electrons. The first kappa shape index (κ1) is 13.9. The van der Waals surface area contributed by atoms with E-state index in [-0.39, 0.29) is 22.4 Å². The molecule has 0 aromatic heterocycles. The first-order valence-corrected chi connectivity index (χ1v) is 9.63. The second-order valence-electron chi connectivity index (χ2n) is 10.2. The molecule has 0 heterocycles. The molecule has 0 aromatic carbocycles. The number of rotatable bonds is 2. The first-order valence-electron chi connectivity index (χ1n) is 9.63. The number of hydrogen-bond donors (Lipinski definition) is 0. The molecule has 6 aliphatic carbocycles. The minimum atomic E-state index is -0.184. The van der Waals surface area contributed by atoms with Crippen LogP contribution in [0.4, 0.5) is 0 Å². The minimum absolute atomic E-state index is 0.0873. The zero-order valence-corrected chi connectivity index (χ0v) is 14.2. The van der Waals surface area contributed by atoms with Gasteiger partial charge < -0.3 is 4.74 Å². The molecule has 0 aromatic rings. The van der Waals surface area contributed by atoms with E-state index in [9.17, 15) is 4.79 Å². The van der Waals surface area contributed by atoms with Crippen LogP contribution in [0.1, 0.15) is 78.1 Å². The third-order valence-electron chi connectivity index (χ3n) is 8.59. The first-order chi connectivity index (χ1) is 10.4. The summed E-state index contributed by atoms with van der Waals surface area (Å²) in [5, 5.41) is 0. The summed E-state index contributed by atoms with van der Waals surface area (Å²) in [4.78, 5) is 13.3. The van der Waals surface area contributed by atoms with E-state index >= 15 is 0 Å². The highest BCUT2D eigenvalue weighted by atomic mass is 16.6. The Morgan fingerprint density at radius 3 is 1.91 bits per heavy atom. The van der Waals surface area contributed by atoms with E-state index in [4.69, 9.17) is 4.74 Å². The van der Waals surface area contributed by atoms with E-state index < -0.39 is 0 Å². The van der Waals surface area contributed by atoms with E-state index in [0.29, 0.717) is 0 Å². The average Bonchev–Trinajstić information content (AvgIpc) is 2.89. The summed E-state index contributed by atoms with van der Waals surface area (Å²) in [7, 11) is 0. The van der Waals surface area contributed by atoms with Gasteiger partial charge in [0, 0.05) is 5.41 Å². The van der Waals surface area contributed by atoms with E-state index in [1.165, 1.54) is 38.5 Å². The molecule has 6 rings (SSSR count). The maximum absolute atomic E-state index is 13.3. The number of ether oxygens (including phenoxy) is 1. The molecule has 22 heavy (non-hydrogen) atoms. The van der Waals surface area contributed by atoms with Crippen LogP contribution in [0.25, 0.3) is 0 Å². The molecule has 3 atom stereocenters. The molecule has 6 aliphatic rings. The number of hydrogen-bond acceptors (Lipinski definition) is 2. The maximum atomic E-state index is 13.3. The highest BCUT2D eigenvalue weighted by Gasteiger charge is 2.62. The molecule has 6 fully saturated rings. The second kappa shape index (κ2) is 4.11. The zero-order chi connectivity index (χ0) is 15.2. The van der Waals surface area contributed by atoms with Crippen LogP contribution >= 0.6 is 0 Å². The molecular weight excluding hydrogens is 272 g/mol. The van der Waals surface area contributed by atoms with Gasteiger partial charge in [-0.2, -0.15) is 0 Å². The Balaban J connectivity index is 1.39. The quantitative estimate of drug-likeness (QED) is 0.690. The van der Waals surface area contributed by atoms with Gasteiger partial charge in [0.15, 0.2) is 0 Å². The van der Waals surface area contributed by atoms with Crippen LogP contribution in [0.15, 0.2) is 0 Å². The van der Waals surface area contributed by atoms with Crippen LogP contribution in [-0.4, -0.2) is 11.6 Å². The summed E-state index contributed by atoms with van der Waals surface area (Å²) >= 11 is 0. The van der Waals surface area contributed by atoms with Gasteiger partial charge in [0.05, 0.1) is 5.41 Å². The van der Waals surface area contributed by atoms with Gasteiger partial charge in [0.25, 0.3) is 0 Å². The predicted octanol–water partition coefficient (Wildman–Crippen LogP) is 4.71. The molecule has 0 N–H and O–H groups in total. The molecule has 6 bridgehead atoms. The summed E-state index contributed by atoms with van der Waals surface area (Å²) in [5.41, 5.74) is -0.0259. The summed E-state index contributed by atoms with van der Waals surface area (Å²) in [5.74, 6) is 3.47. The van der Waals surface area contributed by atoms with Gasteiger partial charge in [-0.15, -0.1) is 0 Å². The van der Waals surface area contributed by atoms with Crippen molar-refractivity contribution in [2.45, 2.75) is 83.7 Å². The summed E-state index contributed by atoms with van der Waals surface area (Å²) in [6.45, 7) is 4.61. The van der Waals surface area contributed by atoms with E-state index in [1.807, 2.05) is 0 Å². The summed E-state index contributed by atoms with van der Waals surface area (Å²) in [6.07, 6.45) is 12.6. The minimum Gasteiger partial charge on any atom is -0.458 e. The van der Waals surface area contributed by atoms with E-state index in [0.717, 1.165) is 49.4 Å². The normalized spacial score (nSPS) is 58.3. The lowest BCUT2D eigenvalue weighted by Crippen LogP contribution is -2.54. The molecule has 2 heteroatoms. The zero-order valence-electron chi connectivity index (χ0n) is 14.2. The van der Waals surface area contributed by atoms with Crippen molar-refractivity contribution in [2.24, 2.45) is 34.5 Å². The largest absolute Gasteiger partial charge is 0.458 e. The fourth-order valence-corrected chi connectivity index (χ4v) is 7.65. The van der Waals surface area contributed by atoms with E-state index in [2.05, 4.69) is 13.8 Å². The summed E-state index contributed by atoms with van der Waals surface area (Å²) in [6, 6.07) is 0. The molecular formula is C20H30O2. The average molecular weight is 302 g/mol. The van der Waals surface area contributed by atoms with Crippen molar-refractivity contribution >= 4 is 5.97 Å². The molecule has 2 nitrogen and oxygen atoms in total. The fourth-order valence-electron chi connectivity index (χ4n) is 7.65. The van der Waals surface area contributed by atoms with Gasteiger partial charge in [-0.05, 0) is 94.8 Å². The van der Waals surface area contributed by atoms with Gasteiger partial charge >= 0.3 is 5.97 Å². The Hall–Kier alpha value is -0.530. The Labute approximate surface area is 134 Å². The van der Waals surface area contributed by atoms with Crippen molar-refractivity contribution in [2.75, 3.05) is 0 Å². The molecule has 0 saturated heterocycles. The number of carbonyl (C=O) groups excluding carboxylic acids is 1. The lowest BCUT2D eigenvalue weighted by Gasteiger charge is -2.56. The maximum Gasteiger partial charge on any atom is 0.312 e. The molecule has 0 unspecified atom stereocenters. The smallest absolute Gasteiger partial charge is 0.312 e. The van der Waals surface area contributed by atoms with E-state index in [1.54, 1.807) is 0 Å². The van der Waals surface area contributed by atoms with Crippen LogP contribution in [-0.2, 0) is 9.53 Å². The van der Waals surface area contributed by atoms with Gasteiger partial charge in [0.1, 0.15) is 5.60 Å². The van der Waals surface area contributed by atoms with Gasteiger partial charge in [-0.3, -0.25) is 4.79 Å². The lowest BCUT2D eigenvalue weighted by molar-refractivity contribution is -0.197. The van der Waals surface area contributed by atoms with Crippen molar-refractivity contribution in [1.29, 1.82) is 0 Å². The molecule has 0 aliphatic heterocycles. The topological polar surface area (TPSA) is 26.3 Å². The van der Waals surface area contributed by atoms with Crippen molar-refractivity contribution in [3.63, 3.8) is 0 Å². The van der Waals surface area contributed by atoms with Crippen LogP contribution in [0.2, 0.25) is 0 Å². The molecule has 0 spiro atoms. The van der Waals surface area contributed by atoms with Crippen LogP contribution in [0.5, 0.6) is 0 Å². The van der Waals surface area contributed by atoms with Crippen molar-refractivity contribution in [1.82, 2.24) is 0 Å². The monoisotopic (exact) mass is 302 g/mol. The summed E-state index contributed by atoms with van der Waals surface area (Å²) < 4.78 is 6.38. The standard InChI is InChI=1S/C20H30O2/c1-18-4-3-13(8-18)9-19(18,2)22-17(21)20-10-14-5-15(11-20)7-16(6-14)12-20/h13-16H,3-12H2,1-2H3/t13-,14?,15?,16?,18-,19-,20?/m1/s1. The van der Waals surface area contributed by atoms with Crippen molar-refractivity contribution < 1.29 is 9.53 Å². The van der Waals surface area contributed by atoms with Gasteiger partial charge in [0.2, 0.25) is 0 Å². The number of carbonyl (C=O) groups is 1. The lowest BCUT2D eigenvalue weighted by atomic mass is 9.49. The predicted molar refractivity (Wildman–Crippen MR) is 85.2 cm³/mol. The highest BCUT2D eigenvalue weighted by Crippen LogP contribution is 2.64. The highest BCUT2D eigenvalue weighted by molar-refractivity contribution is 5.78. The van der Waals surface area contributed by atoms with Gasteiger partial charge in [-0.25, -0.2) is 0 Å². The third-order valence-corrected chi connectivity index (χ3v) is 8.59. The van der Waals surface area contributed by atoms with Crippen molar-refractivity contribution in [3.05, 3.63) is 0 Å². The van der Waals surface area contributed by atoms with Crippen LogP contribution in [0, 0.1) is 34.5 Å². The molecule has 6 saturated carbocycles. The Morgan fingerprint density at radius 2 is 1.45 bits per heavy atom. The SMILES string of the molecule is C[C@@]12CC[C@H](C1)C[C@@]2(C)OC(=O)C12CC3CC(CC(C3)C1)C2. The Morgan fingerprint density at radius 1 is 0.864 bits per heavy atom. The fraction of sp³-hybridized carbons (Fsp3) is 0.950. The van der Waals surface area contributed by atoms with Gasteiger partial charge in [-0.1, -0.05) is 6.92 Å². The second-order valence-corrected chi connectivity index (χ2v) is 10.2. The number of esters is 1. The van der Waals surface area contributed by atoms with Crippen LogP contribution < -0.4 is 0 Å². The third kappa shape index (κ3) is 1.70. The molecule has 0 radical (unpaired) electrons. The van der Waals surface area contributed by atoms with Crippen LogP contribution in [0.3, 0.4) is 0 Å². The number of fused-ring (bicyclic) bond motifs is 2.